The highest BCUT2D eigenvalue weighted by molar-refractivity contribution is 6.43. The molecular formula is C23H19Cl2F6NO. The maximum absolute atomic E-state index is 13.9. The van der Waals surface area contributed by atoms with Gasteiger partial charge >= 0.3 is 12.4 Å². The summed E-state index contributed by atoms with van der Waals surface area (Å²) < 4.78 is 81.9. The second-order valence-electron chi connectivity index (χ2n) is 8.29. The van der Waals surface area contributed by atoms with E-state index in [1.54, 1.807) is 0 Å². The fourth-order valence-electron chi connectivity index (χ4n) is 4.50. The van der Waals surface area contributed by atoms with Gasteiger partial charge in [-0.3, -0.25) is 0 Å². The molecule has 2 atom stereocenters. The van der Waals surface area contributed by atoms with Crippen molar-refractivity contribution in [3.05, 3.63) is 57.1 Å². The lowest BCUT2D eigenvalue weighted by Crippen LogP contribution is -2.35. The molecule has 0 aliphatic carbocycles. The molecule has 3 aromatic rings. The molecule has 1 fully saturated rings. The molecule has 33 heavy (non-hydrogen) atoms. The monoisotopic (exact) mass is 509 g/mol. The highest BCUT2D eigenvalue weighted by Gasteiger charge is 2.39. The maximum atomic E-state index is 13.9. The van der Waals surface area contributed by atoms with Crippen LogP contribution in [-0.4, -0.2) is 17.7 Å². The summed E-state index contributed by atoms with van der Waals surface area (Å²) in [7, 11) is 0. The largest absolute Gasteiger partial charge is 0.417 e. The molecule has 3 aromatic carbocycles. The number of hydrogen-bond acceptors (Lipinski definition) is 2. The van der Waals surface area contributed by atoms with E-state index >= 15 is 0 Å². The molecule has 0 saturated carbocycles. The maximum Gasteiger partial charge on any atom is 0.417 e. The minimum atomic E-state index is -5.05. The highest BCUT2D eigenvalue weighted by Crippen LogP contribution is 2.45. The van der Waals surface area contributed by atoms with E-state index in [4.69, 9.17) is 23.2 Å². The lowest BCUT2D eigenvalue weighted by molar-refractivity contribution is -0.142. The Hall–Kier alpha value is -1.74. The standard InChI is InChI=1S/C23H19Cl2F6NO/c24-18-9-14-15(20(33)8-13-3-1-2-4-32-13)6-11-5-12(22(26,27)28)7-17(23(29,30)31)21(11)16(14)10-19(18)25/h5-7,9-10,13,20,32-33H,1-4,8H2. The first-order valence-electron chi connectivity index (χ1n) is 10.3. The summed E-state index contributed by atoms with van der Waals surface area (Å²) in [5.74, 6) is 0. The number of nitrogens with one attached hydrogen (secondary N) is 1. The van der Waals surface area contributed by atoms with E-state index in [-0.39, 0.29) is 50.3 Å². The van der Waals surface area contributed by atoms with Crippen molar-refractivity contribution in [3.63, 3.8) is 0 Å². The Morgan fingerprint density at radius 2 is 1.58 bits per heavy atom. The van der Waals surface area contributed by atoms with Crippen molar-refractivity contribution in [1.29, 1.82) is 0 Å². The molecule has 10 heteroatoms. The molecule has 1 aliphatic rings. The van der Waals surface area contributed by atoms with Gasteiger partial charge in [0.2, 0.25) is 0 Å². The van der Waals surface area contributed by atoms with Crippen LogP contribution in [-0.2, 0) is 12.4 Å². The van der Waals surface area contributed by atoms with Gasteiger partial charge in [-0.25, -0.2) is 0 Å². The summed E-state index contributed by atoms with van der Waals surface area (Å²) in [5, 5.41) is 13.8. The molecule has 0 bridgehead atoms. The molecule has 0 spiro atoms. The number of halogens is 8. The van der Waals surface area contributed by atoms with E-state index in [2.05, 4.69) is 5.32 Å². The number of hydrogen-bond donors (Lipinski definition) is 2. The van der Waals surface area contributed by atoms with E-state index in [0.717, 1.165) is 25.8 Å². The summed E-state index contributed by atoms with van der Waals surface area (Å²) in [4.78, 5) is 0. The van der Waals surface area contributed by atoms with Crippen LogP contribution < -0.4 is 5.32 Å². The predicted molar refractivity (Wildman–Crippen MR) is 117 cm³/mol. The summed E-state index contributed by atoms with van der Waals surface area (Å²) in [6.45, 7) is 0.779. The lowest BCUT2D eigenvalue weighted by atomic mass is 9.88. The van der Waals surface area contributed by atoms with Crippen molar-refractivity contribution in [2.24, 2.45) is 0 Å². The molecule has 1 aliphatic heterocycles. The second-order valence-corrected chi connectivity index (χ2v) is 9.11. The number of fused-ring (bicyclic) bond motifs is 3. The second kappa shape index (κ2) is 8.80. The van der Waals surface area contributed by atoms with Crippen molar-refractivity contribution in [3.8, 4) is 0 Å². The topological polar surface area (TPSA) is 32.3 Å². The Kier molecular flexibility index (Phi) is 6.50. The number of aliphatic hydroxyl groups is 1. The van der Waals surface area contributed by atoms with Gasteiger partial charge in [0.1, 0.15) is 0 Å². The van der Waals surface area contributed by atoms with Crippen molar-refractivity contribution in [2.45, 2.75) is 50.2 Å². The van der Waals surface area contributed by atoms with Crippen molar-refractivity contribution in [1.82, 2.24) is 5.32 Å². The molecule has 0 amide bonds. The molecule has 2 nitrogen and oxygen atoms in total. The van der Waals surface area contributed by atoms with E-state index in [0.29, 0.717) is 6.07 Å². The molecule has 2 unspecified atom stereocenters. The smallest absolute Gasteiger partial charge is 0.388 e. The predicted octanol–water partition coefficient (Wildman–Crippen LogP) is 7.90. The SMILES string of the molecule is OC(CC1CCCCN1)c1cc2cc(C(F)(F)F)cc(C(F)(F)F)c2c2cc(Cl)c(Cl)cc12. The van der Waals surface area contributed by atoms with Crippen LogP contribution in [0.25, 0.3) is 21.5 Å². The average molecular weight is 510 g/mol. The van der Waals surface area contributed by atoms with Gasteiger partial charge in [-0.05, 0) is 77.9 Å². The number of aliphatic hydroxyl groups excluding tert-OH is 1. The van der Waals surface area contributed by atoms with Crippen LogP contribution >= 0.6 is 23.2 Å². The molecule has 0 radical (unpaired) electrons. The van der Waals surface area contributed by atoms with E-state index < -0.39 is 35.0 Å². The number of piperidine rings is 1. The van der Waals surface area contributed by atoms with Crippen LogP contribution in [0.2, 0.25) is 10.0 Å². The van der Waals surface area contributed by atoms with Crippen LogP contribution in [0.15, 0.2) is 30.3 Å². The summed E-state index contributed by atoms with van der Waals surface area (Å²) in [5.41, 5.74) is -2.64. The van der Waals surface area contributed by atoms with Gasteiger partial charge < -0.3 is 10.4 Å². The van der Waals surface area contributed by atoms with E-state index in [9.17, 15) is 31.4 Å². The molecule has 2 N–H and O–H groups in total. The third-order valence-electron chi connectivity index (χ3n) is 6.03. The van der Waals surface area contributed by atoms with Gasteiger partial charge in [-0.2, -0.15) is 26.3 Å². The first-order chi connectivity index (χ1) is 15.4. The Labute approximate surface area is 195 Å². The Morgan fingerprint density at radius 1 is 0.909 bits per heavy atom. The minimum absolute atomic E-state index is 0.0190. The quantitative estimate of drug-likeness (QED) is 0.277. The van der Waals surface area contributed by atoms with Crippen molar-refractivity contribution < 1.29 is 31.4 Å². The normalized spacial score (nSPS) is 18.8. The highest BCUT2D eigenvalue weighted by atomic mass is 35.5. The fourth-order valence-corrected chi connectivity index (χ4v) is 4.83. The van der Waals surface area contributed by atoms with Gasteiger partial charge in [0.05, 0.1) is 27.3 Å². The zero-order chi connectivity index (χ0) is 24.1. The first-order valence-corrected chi connectivity index (χ1v) is 11.1. The molecule has 1 saturated heterocycles. The first kappa shape index (κ1) is 24.4. The summed E-state index contributed by atoms with van der Waals surface area (Å²) in [6.07, 6.45) is -8.13. The molecule has 1 heterocycles. The summed E-state index contributed by atoms with van der Waals surface area (Å²) >= 11 is 12.2. The molecule has 4 rings (SSSR count). The fraction of sp³-hybridized carbons (Fsp3) is 0.391. The number of alkyl halides is 6. The number of rotatable bonds is 3. The lowest BCUT2D eigenvalue weighted by Gasteiger charge is -2.27. The van der Waals surface area contributed by atoms with Gasteiger partial charge in [-0.15, -0.1) is 0 Å². The van der Waals surface area contributed by atoms with Crippen LogP contribution in [0.3, 0.4) is 0 Å². The molecular weight excluding hydrogens is 491 g/mol. The van der Waals surface area contributed by atoms with E-state index in [1.807, 2.05) is 0 Å². The Bertz CT molecular complexity index is 1200. The minimum Gasteiger partial charge on any atom is -0.388 e. The molecule has 0 aromatic heterocycles. The van der Waals surface area contributed by atoms with Crippen LogP contribution in [0.5, 0.6) is 0 Å². The molecule has 178 valence electrons. The average Bonchev–Trinajstić information content (AvgIpc) is 2.72. The van der Waals surface area contributed by atoms with Gasteiger partial charge in [0.25, 0.3) is 0 Å². The third kappa shape index (κ3) is 4.90. The summed E-state index contributed by atoms with van der Waals surface area (Å²) in [6, 6.07) is 4.51. The zero-order valence-electron chi connectivity index (χ0n) is 17.0. The van der Waals surface area contributed by atoms with Crippen LogP contribution in [0.4, 0.5) is 26.3 Å². The Morgan fingerprint density at radius 3 is 2.15 bits per heavy atom. The van der Waals surface area contributed by atoms with Crippen molar-refractivity contribution in [2.75, 3.05) is 6.54 Å². The van der Waals surface area contributed by atoms with Gasteiger partial charge in [0.15, 0.2) is 0 Å². The van der Waals surface area contributed by atoms with Crippen LogP contribution in [0, 0.1) is 0 Å². The third-order valence-corrected chi connectivity index (χ3v) is 6.75. The number of benzene rings is 3. The zero-order valence-corrected chi connectivity index (χ0v) is 18.6. The van der Waals surface area contributed by atoms with E-state index in [1.165, 1.54) is 18.2 Å². The van der Waals surface area contributed by atoms with Crippen LogP contribution in [0.1, 0.15) is 48.5 Å². The van der Waals surface area contributed by atoms with Crippen molar-refractivity contribution >= 4 is 44.7 Å². The Balaban J connectivity index is 2.02. The van der Waals surface area contributed by atoms with Gasteiger partial charge in [0, 0.05) is 11.4 Å². The van der Waals surface area contributed by atoms with Gasteiger partial charge in [-0.1, -0.05) is 29.6 Å².